The van der Waals surface area contributed by atoms with Crippen molar-refractivity contribution in [3.05, 3.63) is 11.6 Å². The summed E-state index contributed by atoms with van der Waals surface area (Å²) in [7, 11) is 0. The van der Waals surface area contributed by atoms with Gasteiger partial charge in [0, 0.05) is 13.5 Å². The third-order valence-electron chi connectivity index (χ3n) is 1.26. The van der Waals surface area contributed by atoms with Crippen molar-refractivity contribution >= 4 is 5.97 Å². The van der Waals surface area contributed by atoms with E-state index in [1.807, 2.05) is 19.9 Å². The maximum Gasteiger partial charge on any atom is 0.302 e. The van der Waals surface area contributed by atoms with E-state index in [1.165, 1.54) is 6.92 Å². The smallest absolute Gasteiger partial charge is 0.302 e. The molecule has 0 atom stereocenters. The Morgan fingerprint density at radius 2 is 2.08 bits per heavy atom. The van der Waals surface area contributed by atoms with Gasteiger partial charge >= 0.3 is 5.97 Å². The van der Waals surface area contributed by atoms with Crippen molar-refractivity contribution in [2.45, 2.75) is 20.8 Å². The first-order chi connectivity index (χ1) is 5.66. The molecule has 0 aliphatic heterocycles. The second kappa shape index (κ2) is 6.85. The average molecular weight is 172 g/mol. The van der Waals surface area contributed by atoms with Crippen LogP contribution in [0.15, 0.2) is 11.6 Å². The molecule has 0 amide bonds. The molecule has 0 spiro atoms. The predicted molar refractivity (Wildman–Crippen MR) is 46.9 cm³/mol. The zero-order valence-corrected chi connectivity index (χ0v) is 7.92. The number of esters is 1. The molecule has 0 fully saturated rings. The lowest BCUT2D eigenvalue weighted by molar-refractivity contribution is -0.139. The van der Waals surface area contributed by atoms with Crippen LogP contribution in [-0.2, 0) is 14.3 Å². The molecule has 0 saturated heterocycles. The van der Waals surface area contributed by atoms with Crippen LogP contribution in [0, 0.1) is 0 Å². The van der Waals surface area contributed by atoms with Gasteiger partial charge in [-0.05, 0) is 19.4 Å². The van der Waals surface area contributed by atoms with Crippen LogP contribution in [-0.4, -0.2) is 25.8 Å². The van der Waals surface area contributed by atoms with Crippen LogP contribution in [0.5, 0.6) is 0 Å². The molecule has 0 aliphatic rings. The Morgan fingerprint density at radius 3 is 2.58 bits per heavy atom. The van der Waals surface area contributed by atoms with Gasteiger partial charge in [-0.25, -0.2) is 0 Å². The lowest BCUT2D eigenvalue weighted by Crippen LogP contribution is -2.02. The summed E-state index contributed by atoms with van der Waals surface area (Å²) in [6.07, 6.45) is 1.91. The average Bonchev–Trinajstić information content (AvgIpc) is 2.01. The van der Waals surface area contributed by atoms with E-state index in [4.69, 9.17) is 9.47 Å². The lowest BCUT2D eigenvalue weighted by Gasteiger charge is -2.01. The maximum atomic E-state index is 10.4. The summed E-state index contributed by atoms with van der Waals surface area (Å²) in [6.45, 7) is 6.90. The quantitative estimate of drug-likeness (QED) is 0.358. The summed E-state index contributed by atoms with van der Waals surface area (Å²) in [5.74, 6) is -0.251. The number of carbonyl (C=O) groups is 1. The fourth-order valence-electron chi connectivity index (χ4n) is 0.593. The molecule has 0 rings (SSSR count). The number of ether oxygens (including phenoxy) is 2. The lowest BCUT2D eigenvalue weighted by atomic mass is 10.3. The van der Waals surface area contributed by atoms with Crippen LogP contribution in [0.4, 0.5) is 0 Å². The fourth-order valence-corrected chi connectivity index (χ4v) is 0.593. The largest absolute Gasteiger partial charge is 0.461 e. The number of hydrogen-bond acceptors (Lipinski definition) is 3. The normalized spacial score (nSPS) is 11.4. The van der Waals surface area contributed by atoms with Gasteiger partial charge in [0.1, 0.15) is 6.61 Å². The summed E-state index contributed by atoms with van der Waals surface area (Å²) in [4.78, 5) is 10.4. The standard InChI is InChI=1S/C9H16O3/c1-4-11-6-5-8(2)7-12-9(3)10/h5H,4,6-7H2,1-3H3. The van der Waals surface area contributed by atoms with E-state index in [2.05, 4.69) is 0 Å². The molecule has 0 bridgehead atoms. The highest BCUT2D eigenvalue weighted by atomic mass is 16.5. The van der Waals surface area contributed by atoms with Crippen LogP contribution in [0.2, 0.25) is 0 Å². The first-order valence-electron chi connectivity index (χ1n) is 4.03. The second-order valence-corrected chi connectivity index (χ2v) is 2.49. The van der Waals surface area contributed by atoms with E-state index in [1.54, 1.807) is 0 Å². The van der Waals surface area contributed by atoms with Gasteiger partial charge in [-0.1, -0.05) is 6.08 Å². The zero-order chi connectivity index (χ0) is 9.40. The Hall–Kier alpha value is -0.830. The molecule has 0 heterocycles. The summed E-state index contributed by atoms with van der Waals surface area (Å²) >= 11 is 0. The van der Waals surface area contributed by atoms with Gasteiger partial charge in [-0.3, -0.25) is 4.79 Å². The highest BCUT2D eigenvalue weighted by molar-refractivity contribution is 5.66. The molecular formula is C9H16O3. The summed E-state index contributed by atoms with van der Waals surface area (Å²) < 4.78 is 9.87. The first kappa shape index (κ1) is 11.2. The molecule has 0 unspecified atom stereocenters. The number of carbonyl (C=O) groups excluding carboxylic acids is 1. The van der Waals surface area contributed by atoms with Gasteiger partial charge in [-0.15, -0.1) is 0 Å². The minimum atomic E-state index is -0.251. The topological polar surface area (TPSA) is 35.5 Å². The van der Waals surface area contributed by atoms with E-state index >= 15 is 0 Å². The van der Waals surface area contributed by atoms with Gasteiger partial charge in [0.25, 0.3) is 0 Å². The van der Waals surface area contributed by atoms with Crippen LogP contribution in [0.1, 0.15) is 20.8 Å². The van der Waals surface area contributed by atoms with Crippen molar-refractivity contribution in [3.8, 4) is 0 Å². The van der Waals surface area contributed by atoms with Gasteiger partial charge in [0.15, 0.2) is 0 Å². The minimum Gasteiger partial charge on any atom is -0.461 e. The summed E-state index contributed by atoms with van der Waals surface area (Å²) in [6, 6.07) is 0. The molecule has 12 heavy (non-hydrogen) atoms. The second-order valence-electron chi connectivity index (χ2n) is 2.49. The number of rotatable bonds is 5. The molecular weight excluding hydrogens is 156 g/mol. The molecule has 0 aromatic heterocycles. The third-order valence-corrected chi connectivity index (χ3v) is 1.26. The van der Waals surface area contributed by atoms with E-state index in [-0.39, 0.29) is 5.97 Å². The molecule has 3 heteroatoms. The molecule has 0 aliphatic carbocycles. The fraction of sp³-hybridized carbons (Fsp3) is 0.667. The van der Waals surface area contributed by atoms with E-state index in [9.17, 15) is 4.79 Å². The predicted octanol–water partition coefficient (Wildman–Crippen LogP) is 1.53. The Kier molecular flexibility index (Phi) is 6.38. The molecule has 0 aromatic rings. The van der Waals surface area contributed by atoms with Crippen LogP contribution >= 0.6 is 0 Å². The molecule has 70 valence electrons. The molecule has 0 aromatic carbocycles. The zero-order valence-electron chi connectivity index (χ0n) is 7.92. The summed E-state index contributed by atoms with van der Waals surface area (Å²) in [5, 5.41) is 0. The first-order valence-corrected chi connectivity index (χ1v) is 4.03. The van der Waals surface area contributed by atoms with Crippen molar-refractivity contribution in [2.75, 3.05) is 19.8 Å². The maximum absolute atomic E-state index is 10.4. The Morgan fingerprint density at radius 1 is 1.42 bits per heavy atom. The van der Waals surface area contributed by atoms with E-state index in [0.717, 1.165) is 5.57 Å². The summed E-state index contributed by atoms with van der Waals surface area (Å²) in [5.41, 5.74) is 1.01. The van der Waals surface area contributed by atoms with E-state index in [0.29, 0.717) is 19.8 Å². The Balaban J connectivity index is 3.48. The van der Waals surface area contributed by atoms with Crippen LogP contribution in [0.25, 0.3) is 0 Å². The van der Waals surface area contributed by atoms with Crippen LogP contribution in [0.3, 0.4) is 0 Å². The third kappa shape index (κ3) is 7.28. The van der Waals surface area contributed by atoms with Crippen molar-refractivity contribution in [3.63, 3.8) is 0 Å². The number of hydrogen-bond donors (Lipinski definition) is 0. The highest BCUT2D eigenvalue weighted by Crippen LogP contribution is 1.93. The highest BCUT2D eigenvalue weighted by Gasteiger charge is 1.93. The molecule has 0 radical (unpaired) electrons. The molecule has 0 saturated carbocycles. The monoisotopic (exact) mass is 172 g/mol. The van der Waals surface area contributed by atoms with Gasteiger partial charge in [0.05, 0.1) is 6.61 Å². The van der Waals surface area contributed by atoms with Gasteiger partial charge in [0.2, 0.25) is 0 Å². The molecule has 3 nitrogen and oxygen atoms in total. The van der Waals surface area contributed by atoms with Crippen molar-refractivity contribution in [1.82, 2.24) is 0 Å². The SMILES string of the molecule is CCOCC=C(C)COC(C)=O. The van der Waals surface area contributed by atoms with Crippen molar-refractivity contribution in [2.24, 2.45) is 0 Å². The van der Waals surface area contributed by atoms with E-state index < -0.39 is 0 Å². The molecule has 0 N–H and O–H groups in total. The van der Waals surface area contributed by atoms with Crippen LogP contribution < -0.4 is 0 Å². The van der Waals surface area contributed by atoms with Gasteiger partial charge < -0.3 is 9.47 Å². The Bertz CT molecular complexity index is 161. The Labute approximate surface area is 73.4 Å². The van der Waals surface area contributed by atoms with Crippen molar-refractivity contribution < 1.29 is 14.3 Å². The minimum absolute atomic E-state index is 0.251. The van der Waals surface area contributed by atoms with Gasteiger partial charge in [-0.2, -0.15) is 0 Å². The van der Waals surface area contributed by atoms with Crippen molar-refractivity contribution in [1.29, 1.82) is 0 Å².